The molecular weight excluding hydrogens is 240 g/mol. The van der Waals surface area contributed by atoms with Gasteiger partial charge in [-0.3, -0.25) is 0 Å². The first-order chi connectivity index (χ1) is 7.36. The third-order valence-corrected chi connectivity index (χ3v) is 3.44. The number of hydrogen-bond acceptors (Lipinski definition) is 3. The number of rotatable bonds is 4. The maximum atomic E-state index is 13.2. The first kappa shape index (κ1) is 13.0. The zero-order valence-electron chi connectivity index (χ0n) is 8.44. The Morgan fingerprint density at radius 1 is 1.44 bits per heavy atom. The highest BCUT2D eigenvalue weighted by molar-refractivity contribution is 7.89. The molecule has 7 heteroatoms. The number of sulfonamides is 1. The number of benzene rings is 1. The van der Waals surface area contributed by atoms with E-state index in [1.54, 1.807) is 0 Å². The molecule has 0 aliphatic rings. The van der Waals surface area contributed by atoms with E-state index in [4.69, 9.17) is 5.11 Å². The third-order valence-electron chi connectivity index (χ3n) is 1.81. The fraction of sp³-hybridized carbons (Fsp3) is 0.333. The average molecular weight is 251 g/mol. The van der Waals surface area contributed by atoms with E-state index in [-0.39, 0.29) is 0 Å². The van der Waals surface area contributed by atoms with Gasteiger partial charge in [0, 0.05) is 12.1 Å². The van der Waals surface area contributed by atoms with Crippen molar-refractivity contribution in [1.29, 1.82) is 0 Å². The number of aliphatic hydroxyl groups is 1. The first-order valence-corrected chi connectivity index (χ1v) is 5.93. The SMILES string of the molecule is CC(CO)NS(=O)(=O)c1ccc(F)cc1F. The van der Waals surface area contributed by atoms with Crippen molar-refractivity contribution in [3.63, 3.8) is 0 Å². The van der Waals surface area contributed by atoms with Gasteiger partial charge in [-0.1, -0.05) is 0 Å². The van der Waals surface area contributed by atoms with Gasteiger partial charge in [0.1, 0.15) is 16.5 Å². The van der Waals surface area contributed by atoms with Crippen LogP contribution in [0.3, 0.4) is 0 Å². The van der Waals surface area contributed by atoms with Gasteiger partial charge in [0.25, 0.3) is 0 Å². The van der Waals surface area contributed by atoms with Crippen molar-refractivity contribution in [1.82, 2.24) is 4.72 Å². The predicted molar refractivity (Wildman–Crippen MR) is 53.2 cm³/mol. The lowest BCUT2D eigenvalue weighted by Gasteiger charge is -2.11. The Balaban J connectivity index is 3.08. The van der Waals surface area contributed by atoms with Gasteiger partial charge in [-0.15, -0.1) is 0 Å². The average Bonchev–Trinajstić information content (AvgIpc) is 2.16. The van der Waals surface area contributed by atoms with Crippen molar-refractivity contribution in [3.05, 3.63) is 29.8 Å². The molecule has 0 aliphatic carbocycles. The van der Waals surface area contributed by atoms with Crippen LogP contribution in [0.1, 0.15) is 6.92 Å². The summed E-state index contributed by atoms with van der Waals surface area (Å²) in [7, 11) is -4.07. The van der Waals surface area contributed by atoms with Gasteiger partial charge in [0.2, 0.25) is 10.0 Å². The van der Waals surface area contributed by atoms with Crippen LogP contribution in [0.2, 0.25) is 0 Å². The standard InChI is InChI=1S/C9H11F2NO3S/c1-6(5-13)12-16(14,15)9-3-2-7(10)4-8(9)11/h2-4,6,12-13H,5H2,1H3. The molecule has 90 valence electrons. The van der Waals surface area contributed by atoms with Crippen LogP contribution < -0.4 is 4.72 Å². The second-order valence-corrected chi connectivity index (χ2v) is 4.96. The van der Waals surface area contributed by atoms with Crippen molar-refractivity contribution in [3.8, 4) is 0 Å². The lowest BCUT2D eigenvalue weighted by Crippen LogP contribution is -2.35. The number of nitrogens with one attached hydrogen (secondary N) is 1. The van der Waals surface area contributed by atoms with E-state index in [1.807, 2.05) is 4.72 Å². The van der Waals surface area contributed by atoms with Crippen molar-refractivity contribution in [2.75, 3.05) is 6.61 Å². The summed E-state index contributed by atoms with van der Waals surface area (Å²) in [5.41, 5.74) is 0. The fourth-order valence-electron chi connectivity index (χ4n) is 1.06. The minimum absolute atomic E-state index is 0.415. The lowest BCUT2D eigenvalue weighted by atomic mass is 10.3. The Morgan fingerprint density at radius 2 is 2.06 bits per heavy atom. The maximum Gasteiger partial charge on any atom is 0.243 e. The largest absolute Gasteiger partial charge is 0.395 e. The van der Waals surface area contributed by atoms with Crippen LogP contribution in [0.25, 0.3) is 0 Å². The van der Waals surface area contributed by atoms with Gasteiger partial charge < -0.3 is 5.11 Å². The van der Waals surface area contributed by atoms with Crippen LogP contribution in [-0.2, 0) is 10.0 Å². The van der Waals surface area contributed by atoms with Gasteiger partial charge in [0.05, 0.1) is 6.61 Å². The van der Waals surface area contributed by atoms with Crippen molar-refractivity contribution >= 4 is 10.0 Å². The minimum atomic E-state index is -4.07. The highest BCUT2D eigenvalue weighted by Gasteiger charge is 2.21. The normalized spacial score (nSPS) is 13.8. The highest BCUT2D eigenvalue weighted by Crippen LogP contribution is 2.15. The Kier molecular flexibility index (Phi) is 3.95. The zero-order chi connectivity index (χ0) is 12.3. The monoisotopic (exact) mass is 251 g/mol. The van der Waals surface area contributed by atoms with Crippen LogP contribution in [0.15, 0.2) is 23.1 Å². The van der Waals surface area contributed by atoms with Gasteiger partial charge in [-0.2, -0.15) is 0 Å². The molecule has 0 bridgehead atoms. The van der Waals surface area contributed by atoms with Crippen LogP contribution in [0.5, 0.6) is 0 Å². The molecule has 0 heterocycles. The summed E-state index contributed by atoms with van der Waals surface area (Å²) >= 11 is 0. The molecule has 1 atom stereocenters. The summed E-state index contributed by atoms with van der Waals surface area (Å²) in [6.45, 7) is 1.00. The summed E-state index contributed by atoms with van der Waals surface area (Å²) in [5, 5.41) is 8.68. The van der Waals surface area contributed by atoms with E-state index >= 15 is 0 Å². The smallest absolute Gasteiger partial charge is 0.243 e. The molecule has 1 aromatic carbocycles. The molecule has 4 nitrogen and oxygen atoms in total. The molecule has 0 spiro atoms. The molecule has 16 heavy (non-hydrogen) atoms. The molecule has 0 aromatic heterocycles. The molecular formula is C9H11F2NO3S. The Morgan fingerprint density at radius 3 is 2.56 bits per heavy atom. The summed E-state index contributed by atoms with van der Waals surface area (Å²) in [4.78, 5) is -0.644. The molecule has 0 amide bonds. The summed E-state index contributed by atoms with van der Waals surface area (Å²) in [5.74, 6) is -2.02. The Labute approximate surface area is 92.0 Å². The molecule has 0 aliphatic heterocycles. The Bertz CT molecular complexity index is 476. The van der Waals surface area contributed by atoms with E-state index in [2.05, 4.69) is 0 Å². The summed E-state index contributed by atoms with van der Waals surface area (Å²) in [6.07, 6.45) is 0. The first-order valence-electron chi connectivity index (χ1n) is 4.45. The molecule has 0 fully saturated rings. The second kappa shape index (κ2) is 4.86. The number of aliphatic hydroxyl groups excluding tert-OH is 1. The molecule has 2 N–H and O–H groups in total. The quantitative estimate of drug-likeness (QED) is 0.824. The molecule has 0 saturated carbocycles. The van der Waals surface area contributed by atoms with E-state index in [1.165, 1.54) is 6.92 Å². The van der Waals surface area contributed by atoms with E-state index < -0.39 is 39.2 Å². The minimum Gasteiger partial charge on any atom is -0.395 e. The highest BCUT2D eigenvalue weighted by atomic mass is 32.2. The van der Waals surface area contributed by atoms with Gasteiger partial charge in [-0.25, -0.2) is 21.9 Å². The molecule has 1 aromatic rings. The van der Waals surface area contributed by atoms with Crippen LogP contribution in [0.4, 0.5) is 8.78 Å². The lowest BCUT2D eigenvalue weighted by molar-refractivity contribution is 0.265. The third kappa shape index (κ3) is 2.97. The molecule has 1 rings (SSSR count). The van der Waals surface area contributed by atoms with Crippen LogP contribution >= 0.6 is 0 Å². The van der Waals surface area contributed by atoms with Crippen LogP contribution in [0, 0.1) is 11.6 Å². The fourth-order valence-corrected chi connectivity index (χ4v) is 2.35. The van der Waals surface area contributed by atoms with Crippen molar-refractivity contribution in [2.24, 2.45) is 0 Å². The summed E-state index contributed by atoms with van der Waals surface area (Å²) < 4.78 is 50.9. The topological polar surface area (TPSA) is 66.4 Å². The number of hydrogen-bond donors (Lipinski definition) is 2. The van der Waals surface area contributed by atoms with E-state index in [9.17, 15) is 17.2 Å². The molecule has 1 unspecified atom stereocenters. The summed E-state index contributed by atoms with van der Waals surface area (Å²) in [6, 6.07) is 1.42. The molecule has 0 radical (unpaired) electrons. The Hall–Kier alpha value is -1.05. The number of halogens is 2. The van der Waals surface area contributed by atoms with E-state index in [0.29, 0.717) is 6.07 Å². The van der Waals surface area contributed by atoms with Crippen molar-refractivity contribution < 1.29 is 22.3 Å². The zero-order valence-corrected chi connectivity index (χ0v) is 9.26. The van der Waals surface area contributed by atoms with Gasteiger partial charge >= 0.3 is 0 Å². The van der Waals surface area contributed by atoms with Gasteiger partial charge in [-0.05, 0) is 19.1 Å². The van der Waals surface area contributed by atoms with Gasteiger partial charge in [0.15, 0.2) is 0 Å². The molecule has 0 saturated heterocycles. The predicted octanol–water partition coefficient (Wildman–Crippen LogP) is 0.624. The second-order valence-electron chi connectivity index (χ2n) is 3.28. The van der Waals surface area contributed by atoms with Crippen LogP contribution in [-0.4, -0.2) is 26.2 Å². The van der Waals surface area contributed by atoms with Crippen molar-refractivity contribution in [2.45, 2.75) is 17.9 Å². The van der Waals surface area contributed by atoms with E-state index in [0.717, 1.165) is 12.1 Å². The maximum absolute atomic E-state index is 13.2.